The molecule has 0 rings (SSSR count). The van der Waals surface area contributed by atoms with E-state index in [0.717, 1.165) is 0 Å². The van der Waals surface area contributed by atoms with Crippen molar-refractivity contribution in [1.29, 1.82) is 0 Å². The molecular weight excluding hydrogens is 207 g/mol. The second-order valence-electron chi connectivity index (χ2n) is 0.496. The fraction of sp³-hybridized carbons (Fsp3) is 0. The van der Waals surface area contributed by atoms with Gasteiger partial charge in [0.2, 0.25) is 0 Å². The Morgan fingerprint density at radius 1 is 1.67 bits per heavy atom. The molecule has 0 fully saturated rings. The van der Waals surface area contributed by atoms with Crippen molar-refractivity contribution in [2.75, 3.05) is 0 Å². The monoisotopic (exact) mass is 209 g/mol. The fourth-order valence-electron chi connectivity index (χ4n) is 0. The zero-order valence-electron chi connectivity index (χ0n) is 2.49. The zero-order chi connectivity index (χ0) is 5.21. The van der Waals surface area contributed by atoms with E-state index in [1.54, 1.807) is 0 Å². The molecule has 0 aliphatic rings. The van der Waals surface area contributed by atoms with Crippen molar-refractivity contribution in [2.45, 2.75) is 0 Å². The quantitative estimate of drug-likeness (QED) is 0.591. The molecule has 1 N–H and O–H groups in total. The van der Waals surface area contributed by atoms with Crippen LogP contribution in [-0.4, -0.2) is 20.9 Å². The van der Waals surface area contributed by atoms with Gasteiger partial charge in [0, 0.05) is 0 Å². The summed E-state index contributed by atoms with van der Waals surface area (Å²) >= 11 is 10.4. The van der Waals surface area contributed by atoms with Crippen LogP contribution in [0.15, 0.2) is 0 Å². The van der Waals surface area contributed by atoms with Crippen molar-refractivity contribution in [2.24, 2.45) is 0 Å². The van der Waals surface area contributed by atoms with Crippen LogP contribution in [0.1, 0.15) is 0 Å². The Bertz CT molecular complexity index is 111. The topological polar surface area (TPSA) is 29.5 Å². The maximum atomic E-state index is 8.29. The van der Waals surface area contributed by atoms with Gasteiger partial charge in [0.1, 0.15) is 0 Å². The van der Waals surface area contributed by atoms with Gasteiger partial charge >= 0.3 is 54.2 Å². The Morgan fingerprint density at radius 3 is 1.83 bits per heavy atom. The summed E-state index contributed by atoms with van der Waals surface area (Å²) in [6.45, 7) is 0. The predicted octanol–water partition coefficient (Wildman–Crippen LogP) is -0.448. The van der Waals surface area contributed by atoms with E-state index in [1.807, 2.05) is 0 Å². The molecule has 2 nitrogen and oxygen atoms in total. The normalized spacial score (nSPS) is 11.7. The molecule has 0 saturated carbocycles. The Balaban J connectivity index is 3.85. The van der Waals surface area contributed by atoms with E-state index in [2.05, 4.69) is 42.0 Å². The van der Waals surface area contributed by atoms with Gasteiger partial charge in [0.05, 0.1) is 0 Å². The molecule has 0 atom stereocenters. The molecule has 0 heterocycles. The maximum absolute atomic E-state index is 8.29. The zero-order valence-corrected chi connectivity index (χ0v) is 6.65. The summed E-state index contributed by atoms with van der Waals surface area (Å²) in [4.78, 5) is 0. The first-order valence-corrected chi connectivity index (χ1v) is 4.91. The van der Waals surface area contributed by atoms with Crippen molar-refractivity contribution in [3.63, 3.8) is 0 Å². The summed E-state index contributed by atoms with van der Waals surface area (Å²) in [5.74, 6) is 0. The van der Waals surface area contributed by atoms with Crippen LogP contribution < -0.4 is 0 Å². The van der Waals surface area contributed by atoms with E-state index in [0.29, 0.717) is 0 Å². The summed E-state index contributed by atoms with van der Waals surface area (Å²) in [7, 11) is -2.55. The molecule has 0 aromatic rings. The third kappa shape index (κ3) is 5.23. The molecule has 0 saturated heterocycles. The number of hydrogen-bond acceptors (Lipinski definition) is 3. The molecule has 0 amide bonds. The van der Waals surface area contributed by atoms with Gasteiger partial charge in [0.15, 0.2) is 0 Å². The van der Waals surface area contributed by atoms with E-state index < -0.39 is 7.71 Å². The van der Waals surface area contributed by atoms with E-state index in [-0.39, 0.29) is 0 Å². The van der Waals surface area contributed by atoms with Gasteiger partial charge in [-0.15, -0.1) is 0 Å². The molecule has 0 aliphatic carbocycles. The van der Waals surface area contributed by atoms with Crippen molar-refractivity contribution >= 4 is 46.4 Å². The molecule has 0 unspecified atom stereocenters. The third-order valence-corrected chi connectivity index (χ3v) is 3.07. The van der Waals surface area contributed by atoms with Crippen molar-refractivity contribution in [1.82, 2.24) is 0 Å². The van der Waals surface area contributed by atoms with E-state index in [4.69, 9.17) is 4.55 Å². The summed E-state index contributed by atoms with van der Waals surface area (Å²) in [5.41, 5.74) is 0. The first-order chi connectivity index (χ1) is 2.56. The second-order valence-corrected chi connectivity index (χ2v) is 5.69. The summed E-state index contributed by atoms with van der Waals surface area (Å²) in [5, 5.41) is 0. The molecule has 0 aromatic carbocycles. The van der Waals surface area contributed by atoms with Crippen molar-refractivity contribution in [3.05, 3.63) is 0 Å². The molecule has 6 heteroatoms. The van der Waals surface area contributed by atoms with Gasteiger partial charge in [0.25, 0.3) is 0 Å². The van der Waals surface area contributed by atoms with Crippen LogP contribution in [0.4, 0.5) is 0 Å². The summed E-state index contributed by atoms with van der Waals surface area (Å²) in [6.07, 6.45) is 0. The molecule has 37 valence electrons. The summed E-state index contributed by atoms with van der Waals surface area (Å²) in [6, 6.07) is 0. The first kappa shape index (κ1) is 7.23. The van der Waals surface area contributed by atoms with E-state index in [9.17, 15) is 0 Å². The van der Waals surface area contributed by atoms with Crippen LogP contribution in [0.2, 0.25) is 0 Å². The Kier molecular flexibility index (Phi) is 3.03. The molecular formula is HO2S3Se. The molecule has 1 radical (unpaired) electrons. The Labute approximate surface area is 54.2 Å². The fourth-order valence-corrected chi connectivity index (χ4v) is 0. The van der Waals surface area contributed by atoms with Crippen LogP contribution in [0.3, 0.4) is 0 Å². The van der Waals surface area contributed by atoms with Gasteiger partial charge in [-0.25, -0.2) is 0 Å². The van der Waals surface area contributed by atoms with E-state index in [1.165, 1.54) is 0 Å². The van der Waals surface area contributed by atoms with Crippen LogP contribution in [0, 0.1) is 0 Å². The molecule has 0 bridgehead atoms. The minimum absolute atomic E-state index is 2.06. The first-order valence-electron chi connectivity index (χ1n) is 0.849. The summed E-state index contributed by atoms with van der Waals surface area (Å²) < 4.78 is 12.4. The van der Waals surface area contributed by atoms with Crippen LogP contribution >= 0.6 is 0 Å². The predicted molar refractivity (Wildman–Crippen MR) is 31.6 cm³/mol. The second kappa shape index (κ2) is 2.52. The molecule has 6 heavy (non-hydrogen) atoms. The molecule has 0 spiro atoms. The van der Waals surface area contributed by atoms with Gasteiger partial charge in [-0.05, 0) is 0 Å². The molecule has 0 aromatic heterocycles. The SMILES string of the molecule is OS(=S)(=S)O[Se]. The van der Waals surface area contributed by atoms with Gasteiger partial charge < -0.3 is 0 Å². The molecule has 0 aliphatic heterocycles. The van der Waals surface area contributed by atoms with Crippen LogP contribution in [-0.2, 0) is 33.4 Å². The van der Waals surface area contributed by atoms with Gasteiger partial charge in [-0.1, -0.05) is 0 Å². The van der Waals surface area contributed by atoms with Crippen molar-refractivity contribution < 1.29 is 7.82 Å². The van der Waals surface area contributed by atoms with Gasteiger partial charge in [-0.2, -0.15) is 0 Å². The Morgan fingerprint density at radius 2 is 1.83 bits per heavy atom. The number of hydrogen-bond donors (Lipinski definition) is 1. The number of rotatable bonds is 1. The average molecular weight is 208 g/mol. The van der Waals surface area contributed by atoms with E-state index >= 15 is 0 Å². The minimum atomic E-state index is -2.55. The van der Waals surface area contributed by atoms with Gasteiger partial charge in [-0.3, -0.25) is 0 Å². The van der Waals surface area contributed by atoms with Crippen LogP contribution in [0.25, 0.3) is 0 Å². The Hall–Kier alpha value is 1.23. The standard InChI is InChI=1S/HO2S3Se/c1-5(3,4)2-6/h(H,1,3,4). The average Bonchev–Trinajstić information content (AvgIpc) is 1.35. The van der Waals surface area contributed by atoms with Crippen LogP contribution in [0.5, 0.6) is 0 Å². The van der Waals surface area contributed by atoms with Crippen molar-refractivity contribution in [3.8, 4) is 0 Å². The third-order valence-electron chi connectivity index (χ3n) is 0.0860.